The summed E-state index contributed by atoms with van der Waals surface area (Å²) in [5.41, 5.74) is 2.82. The minimum absolute atomic E-state index is 0.189. The third-order valence-electron chi connectivity index (χ3n) is 2.50. The van der Waals surface area contributed by atoms with Crippen molar-refractivity contribution in [3.05, 3.63) is 35.6 Å². The van der Waals surface area contributed by atoms with Crippen LogP contribution < -0.4 is 5.48 Å². The zero-order valence-electron chi connectivity index (χ0n) is 9.79. The number of nitrogens with one attached hydrogen (secondary N) is 1. The van der Waals surface area contributed by atoms with Crippen LogP contribution >= 0.6 is 0 Å². The molecule has 0 aliphatic carbocycles. The summed E-state index contributed by atoms with van der Waals surface area (Å²) in [5, 5.41) is 8.61. The van der Waals surface area contributed by atoms with Crippen molar-refractivity contribution in [2.45, 2.75) is 26.2 Å². The van der Waals surface area contributed by atoms with Gasteiger partial charge in [-0.2, -0.15) is 0 Å². The van der Waals surface area contributed by atoms with Crippen LogP contribution in [0.4, 0.5) is 4.39 Å². The Balaban J connectivity index is 2.81. The third-order valence-corrected chi connectivity index (χ3v) is 2.50. The van der Waals surface area contributed by atoms with Crippen molar-refractivity contribution in [1.29, 1.82) is 0 Å². The van der Waals surface area contributed by atoms with Crippen LogP contribution in [0.1, 0.15) is 26.3 Å². The Kier molecular flexibility index (Phi) is 4.01. The zero-order valence-corrected chi connectivity index (χ0v) is 9.79. The lowest BCUT2D eigenvalue weighted by molar-refractivity contribution is 0.233. The number of hydrogen-bond donors (Lipinski definition) is 2. The number of halogens is 1. The second-order valence-electron chi connectivity index (χ2n) is 4.40. The monoisotopic (exact) mass is 224 g/mol. The maximum Gasteiger partial charge on any atom is 0.123 e. The molecule has 0 aromatic heterocycles. The van der Waals surface area contributed by atoms with E-state index < -0.39 is 0 Å². The van der Waals surface area contributed by atoms with E-state index in [0.29, 0.717) is 12.4 Å². The van der Waals surface area contributed by atoms with Crippen LogP contribution in [-0.4, -0.2) is 17.6 Å². The zero-order chi connectivity index (χ0) is 12.2. The van der Waals surface area contributed by atoms with Crippen LogP contribution in [0.5, 0.6) is 0 Å². The van der Waals surface area contributed by atoms with Crippen LogP contribution in [0.2, 0.25) is 0 Å². The molecule has 0 fully saturated rings. The number of nitrogens with zero attached hydrogens (tertiary/aromatic N) is 1. The van der Waals surface area contributed by atoms with Gasteiger partial charge in [0, 0.05) is 5.41 Å². The Morgan fingerprint density at radius 3 is 2.44 bits per heavy atom. The molecule has 1 aromatic carbocycles. The van der Waals surface area contributed by atoms with Crippen LogP contribution in [0.25, 0.3) is 0 Å². The number of hydrogen-bond acceptors (Lipinski definition) is 2. The molecule has 2 N–H and O–H groups in total. The van der Waals surface area contributed by atoms with Gasteiger partial charge in [-0.05, 0) is 24.6 Å². The van der Waals surface area contributed by atoms with Gasteiger partial charge in [0.25, 0.3) is 0 Å². The first-order valence-corrected chi connectivity index (χ1v) is 5.13. The first kappa shape index (κ1) is 12.6. The van der Waals surface area contributed by atoms with E-state index in [0.717, 1.165) is 5.56 Å². The largest absolute Gasteiger partial charge is 0.290 e. The average molecular weight is 224 g/mol. The summed E-state index contributed by atoms with van der Waals surface area (Å²) in [6.45, 7) is 6.25. The van der Waals surface area contributed by atoms with Gasteiger partial charge in [0.05, 0.1) is 6.54 Å². The molecule has 0 amide bonds. The Bertz CT molecular complexity index is 371. The van der Waals surface area contributed by atoms with Crippen molar-refractivity contribution in [1.82, 2.24) is 5.48 Å². The number of aliphatic imine (C=N–C) groups is 1. The van der Waals surface area contributed by atoms with Gasteiger partial charge >= 0.3 is 0 Å². The highest BCUT2D eigenvalue weighted by Gasteiger charge is 2.19. The van der Waals surface area contributed by atoms with Gasteiger partial charge in [0.1, 0.15) is 11.7 Å². The molecule has 0 aliphatic rings. The minimum Gasteiger partial charge on any atom is -0.290 e. The lowest BCUT2D eigenvalue weighted by Crippen LogP contribution is -2.24. The summed E-state index contributed by atoms with van der Waals surface area (Å²) in [5.74, 6) is 0.228. The van der Waals surface area contributed by atoms with E-state index >= 15 is 0 Å². The molecule has 88 valence electrons. The van der Waals surface area contributed by atoms with Crippen LogP contribution in [0, 0.1) is 5.82 Å². The van der Waals surface area contributed by atoms with Crippen LogP contribution in [-0.2, 0) is 5.41 Å². The van der Waals surface area contributed by atoms with Crippen molar-refractivity contribution < 1.29 is 9.60 Å². The summed E-state index contributed by atoms with van der Waals surface area (Å²) in [7, 11) is 0. The van der Waals surface area contributed by atoms with E-state index in [1.54, 1.807) is 19.1 Å². The Labute approximate surface area is 95.0 Å². The summed E-state index contributed by atoms with van der Waals surface area (Å²) >= 11 is 0. The molecule has 4 heteroatoms. The first-order valence-electron chi connectivity index (χ1n) is 5.13. The fraction of sp³-hybridized carbons (Fsp3) is 0.417. The lowest BCUT2D eigenvalue weighted by Gasteiger charge is -2.23. The second kappa shape index (κ2) is 5.07. The highest BCUT2D eigenvalue weighted by molar-refractivity contribution is 5.78. The van der Waals surface area contributed by atoms with Gasteiger partial charge in [-0.25, -0.2) is 4.39 Å². The smallest absolute Gasteiger partial charge is 0.123 e. The van der Waals surface area contributed by atoms with Gasteiger partial charge in [-0.3, -0.25) is 15.7 Å². The van der Waals surface area contributed by atoms with E-state index in [1.165, 1.54) is 12.1 Å². The summed E-state index contributed by atoms with van der Waals surface area (Å²) in [6, 6.07) is 6.40. The van der Waals surface area contributed by atoms with Gasteiger partial charge in [0.2, 0.25) is 0 Å². The quantitative estimate of drug-likeness (QED) is 0.470. The second-order valence-corrected chi connectivity index (χ2v) is 4.40. The SMILES string of the molecule is CC(=NCC(C)(C)c1ccc(F)cc1)NO. The minimum atomic E-state index is -0.240. The van der Waals surface area contributed by atoms with E-state index in [4.69, 9.17) is 5.21 Å². The van der Waals surface area contributed by atoms with Gasteiger partial charge < -0.3 is 0 Å². The maximum absolute atomic E-state index is 12.8. The van der Waals surface area contributed by atoms with E-state index in [-0.39, 0.29) is 11.2 Å². The molecule has 0 saturated heterocycles. The van der Waals surface area contributed by atoms with Crippen molar-refractivity contribution >= 4 is 5.84 Å². The lowest BCUT2D eigenvalue weighted by atomic mass is 9.85. The van der Waals surface area contributed by atoms with Crippen molar-refractivity contribution in [2.75, 3.05) is 6.54 Å². The molecule has 0 spiro atoms. The number of amidine groups is 1. The number of rotatable bonds is 3. The third kappa shape index (κ3) is 3.31. The number of hydroxylamine groups is 1. The number of benzene rings is 1. The first-order chi connectivity index (χ1) is 7.45. The fourth-order valence-electron chi connectivity index (χ4n) is 1.34. The molecule has 0 unspecified atom stereocenters. The van der Waals surface area contributed by atoms with Crippen molar-refractivity contribution in [3.63, 3.8) is 0 Å². The summed E-state index contributed by atoms with van der Waals surface area (Å²) in [4.78, 5) is 4.17. The molecule has 0 radical (unpaired) electrons. The van der Waals surface area contributed by atoms with Gasteiger partial charge in [0.15, 0.2) is 0 Å². The molecule has 0 saturated carbocycles. The topological polar surface area (TPSA) is 44.6 Å². The maximum atomic E-state index is 12.8. The van der Waals surface area contributed by atoms with Crippen molar-refractivity contribution in [3.8, 4) is 0 Å². The normalized spacial score (nSPS) is 12.7. The molecule has 0 heterocycles. The Hall–Kier alpha value is -1.42. The molecular formula is C12H17FN2O. The van der Waals surface area contributed by atoms with E-state index in [2.05, 4.69) is 4.99 Å². The molecule has 3 nitrogen and oxygen atoms in total. The highest BCUT2D eigenvalue weighted by Crippen LogP contribution is 2.23. The summed E-state index contributed by atoms with van der Waals surface area (Å²) < 4.78 is 12.8. The van der Waals surface area contributed by atoms with Crippen LogP contribution in [0.15, 0.2) is 29.3 Å². The Morgan fingerprint density at radius 2 is 1.94 bits per heavy atom. The molecular weight excluding hydrogens is 207 g/mol. The van der Waals surface area contributed by atoms with Gasteiger partial charge in [-0.15, -0.1) is 0 Å². The van der Waals surface area contributed by atoms with Crippen molar-refractivity contribution in [2.24, 2.45) is 4.99 Å². The predicted molar refractivity (Wildman–Crippen MR) is 62.3 cm³/mol. The molecule has 1 aromatic rings. The molecule has 16 heavy (non-hydrogen) atoms. The van der Waals surface area contributed by atoms with Crippen LogP contribution in [0.3, 0.4) is 0 Å². The molecule has 0 bridgehead atoms. The van der Waals surface area contributed by atoms with E-state index in [9.17, 15) is 4.39 Å². The van der Waals surface area contributed by atoms with E-state index in [1.807, 2.05) is 19.3 Å². The average Bonchev–Trinajstić information content (AvgIpc) is 2.26. The highest BCUT2D eigenvalue weighted by atomic mass is 19.1. The predicted octanol–water partition coefficient (Wildman–Crippen LogP) is 2.50. The standard InChI is InChI=1S/C12H17FN2O/c1-9(15-16)14-8-12(2,3)10-4-6-11(13)7-5-10/h4-7,16H,8H2,1-3H3,(H,14,15). The summed E-state index contributed by atoms with van der Waals surface area (Å²) in [6.07, 6.45) is 0. The molecule has 0 aliphatic heterocycles. The Morgan fingerprint density at radius 1 is 1.38 bits per heavy atom. The van der Waals surface area contributed by atoms with Gasteiger partial charge in [-0.1, -0.05) is 26.0 Å². The molecule has 1 rings (SSSR count). The fourth-order valence-corrected chi connectivity index (χ4v) is 1.34. The molecule has 0 atom stereocenters.